The van der Waals surface area contributed by atoms with Crippen molar-refractivity contribution < 1.29 is 14.7 Å². The van der Waals surface area contributed by atoms with Crippen LogP contribution >= 0.6 is 34.8 Å². The van der Waals surface area contributed by atoms with Crippen molar-refractivity contribution in [3.63, 3.8) is 0 Å². The Bertz CT molecular complexity index is 486. The molecule has 0 heterocycles. The molecule has 0 spiro atoms. The number of nitrogens with one attached hydrogen (secondary N) is 2. The van der Waals surface area contributed by atoms with Crippen molar-refractivity contribution >= 4 is 52.4 Å². The van der Waals surface area contributed by atoms with Crippen molar-refractivity contribution in [1.29, 1.82) is 0 Å². The Labute approximate surface area is 131 Å². The highest BCUT2D eigenvalue weighted by atomic mass is 35.5. The summed E-state index contributed by atoms with van der Waals surface area (Å²) in [6.07, 6.45) is 0.508. The molecule has 0 aromatic heterocycles. The Morgan fingerprint density at radius 1 is 1.15 bits per heavy atom. The van der Waals surface area contributed by atoms with Crippen LogP contribution in [-0.4, -0.2) is 30.1 Å². The molecule has 1 aromatic carbocycles. The maximum Gasteiger partial charge on any atom is 0.303 e. The SMILES string of the molecule is O=C(O)CCCNCC(=O)Nc1c(Cl)cc(Cl)cc1Cl. The van der Waals surface area contributed by atoms with Gasteiger partial charge in [0, 0.05) is 11.4 Å². The van der Waals surface area contributed by atoms with Crippen LogP contribution in [0.3, 0.4) is 0 Å². The molecule has 0 aliphatic heterocycles. The Hall–Kier alpha value is -1.01. The van der Waals surface area contributed by atoms with Crippen LogP contribution < -0.4 is 10.6 Å². The van der Waals surface area contributed by atoms with Crippen molar-refractivity contribution in [3.8, 4) is 0 Å². The second-order valence-electron chi connectivity index (χ2n) is 3.97. The van der Waals surface area contributed by atoms with Gasteiger partial charge in [0.05, 0.1) is 22.3 Å². The summed E-state index contributed by atoms with van der Waals surface area (Å²) in [7, 11) is 0. The highest BCUT2D eigenvalue weighted by Gasteiger charge is 2.11. The minimum atomic E-state index is -0.865. The number of carbonyl (C=O) groups is 2. The van der Waals surface area contributed by atoms with E-state index in [1.807, 2.05) is 0 Å². The molecule has 0 bridgehead atoms. The Balaban J connectivity index is 2.41. The molecule has 3 N–H and O–H groups in total. The fourth-order valence-electron chi connectivity index (χ4n) is 1.41. The fraction of sp³-hybridized carbons (Fsp3) is 0.333. The summed E-state index contributed by atoms with van der Waals surface area (Å²) in [5.74, 6) is -1.19. The molecule has 0 saturated carbocycles. The van der Waals surface area contributed by atoms with Gasteiger partial charge >= 0.3 is 5.97 Å². The minimum Gasteiger partial charge on any atom is -0.481 e. The van der Waals surface area contributed by atoms with E-state index in [2.05, 4.69) is 10.6 Å². The number of carbonyl (C=O) groups excluding carboxylic acids is 1. The maximum absolute atomic E-state index is 11.7. The van der Waals surface area contributed by atoms with E-state index in [-0.39, 0.29) is 28.9 Å². The number of halogens is 3. The molecular formula is C12H13Cl3N2O3. The number of aliphatic carboxylic acids is 1. The standard InChI is InChI=1S/C12H13Cl3N2O3/c13-7-4-8(14)12(9(15)5-7)17-10(18)6-16-3-1-2-11(19)20/h4-5,16H,1-3,6H2,(H,17,18)(H,19,20). The molecule has 1 amide bonds. The van der Waals surface area contributed by atoms with Crippen molar-refractivity contribution in [3.05, 3.63) is 27.2 Å². The number of carboxylic acid groups (broad SMARTS) is 1. The van der Waals surface area contributed by atoms with Crippen molar-refractivity contribution in [2.24, 2.45) is 0 Å². The second kappa shape index (κ2) is 8.32. The molecule has 0 aliphatic rings. The summed E-state index contributed by atoms with van der Waals surface area (Å²) in [6.45, 7) is 0.469. The average Bonchev–Trinajstić information content (AvgIpc) is 2.33. The third-order valence-electron chi connectivity index (χ3n) is 2.30. The number of benzene rings is 1. The van der Waals surface area contributed by atoms with Crippen LogP contribution in [0.5, 0.6) is 0 Å². The van der Waals surface area contributed by atoms with Gasteiger partial charge in [-0.3, -0.25) is 9.59 Å². The summed E-state index contributed by atoms with van der Waals surface area (Å²) in [4.78, 5) is 22.0. The summed E-state index contributed by atoms with van der Waals surface area (Å²) in [5.41, 5.74) is 0.301. The van der Waals surface area contributed by atoms with E-state index >= 15 is 0 Å². The molecule has 1 rings (SSSR count). The Morgan fingerprint density at radius 2 is 1.75 bits per heavy atom. The first kappa shape index (κ1) is 17.0. The van der Waals surface area contributed by atoms with E-state index in [1.54, 1.807) is 0 Å². The number of carboxylic acids is 1. The molecule has 0 radical (unpaired) electrons. The highest BCUT2D eigenvalue weighted by molar-refractivity contribution is 6.42. The number of hydrogen-bond acceptors (Lipinski definition) is 3. The van der Waals surface area contributed by atoms with Gasteiger partial charge in [0.2, 0.25) is 5.91 Å². The van der Waals surface area contributed by atoms with Gasteiger partial charge < -0.3 is 15.7 Å². The Morgan fingerprint density at radius 3 is 2.30 bits per heavy atom. The lowest BCUT2D eigenvalue weighted by molar-refractivity contribution is -0.137. The Kier molecular flexibility index (Phi) is 7.09. The van der Waals surface area contributed by atoms with Gasteiger partial charge in [-0.15, -0.1) is 0 Å². The number of anilines is 1. The zero-order valence-electron chi connectivity index (χ0n) is 10.4. The van der Waals surface area contributed by atoms with Crippen molar-refractivity contribution in [2.45, 2.75) is 12.8 Å². The van der Waals surface area contributed by atoms with Crippen LogP contribution in [0.25, 0.3) is 0 Å². The lowest BCUT2D eigenvalue weighted by atomic mass is 10.3. The highest BCUT2D eigenvalue weighted by Crippen LogP contribution is 2.33. The van der Waals surface area contributed by atoms with E-state index in [1.165, 1.54) is 12.1 Å². The average molecular weight is 340 g/mol. The van der Waals surface area contributed by atoms with Crippen LogP contribution in [0.15, 0.2) is 12.1 Å². The summed E-state index contributed by atoms with van der Waals surface area (Å²) >= 11 is 17.6. The number of hydrogen-bond donors (Lipinski definition) is 3. The number of amides is 1. The third-order valence-corrected chi connectivity index (χ3v) is 3.12. The minimum absolute atomic E-state index is 0.0366. The van der Waals surface area contributed by atoms with E-state index in [4.69, 9.17) is 39.9 Å². The monoisotopic (exact) mass is 338 g/mol. The first-order chi connectivity index (χ1) is 9.40. The predicted molar refractivity (Wildman–Crippen MR) is 79.8 cm³/mol. The maximum atomic E-state index is 11.7. The number of rotatable bonds is 7. The van der Waals surface area contributed by atoms with Crippen LogP contribution in [0, 0.1) is 0 Å². The molecule has 20 heavy (non-hydrogen) atoms. The smallest absolute Gasteiger partial charge is 0.303 e. The lowest BCUT2D eigenvalue weighted by Gasteiger charge is -2.10. The van der Waals surface area contributed by atoms with Gasteiger partial charge in [-0.05, 0) is 25.1 Å². The molecule has 5 nitrogen and oxygen atoms in total. The van der Waals surface area contributed by atoms with Crippen molar-refractivity contribution in [1.82, 2.24) is 5.32 Å². The van der Waals surface area contributed by atoms with E-state index in [0.717, 1.165) is 0 Å². The molecule has 0 saturated heterocycles. The molecule has 8 heteroatoms. The summed E-state index contributed by atoms with van der Waals surface area (Å²) < 4.78 is 0. The van der Waals surface area contributed by atoms with Crippen LogP contribution in [0.1, 0.15) is 12.8 Å². The van der Waals surface area contributed by atoms with Gasteiger partial charge in [-0.1, -0.05) is 34.8 Å². The molecule has 1 aromatic rings. The van der Waals surface area contributed by atoms with Gasteiger partial charge in [0.15, 0.2) is 0 Å². The molecule has 0 fully saturated rings. The predicted octanol–water partition coefficient (Wildman–Crippen LogP) is 3.04. The first-order valence-corrected chi connectivity index (χ1v) is 6.90. The first-order valence-electron chi connectivity index (χ1n) is 5.77. The van der Waals surface area contributed by atoms with E-state index < -0.39 is 5.97 Å². The topological polar surface area (TPSA) is 78.4 Å². The fourth-order valence-corrected chi connectivity index (χ4v) is 2.32. The van der Waals surface area contributed by atoms with Gasteiger partial charge in [-0.2, -0.15) is 0 Å². The van der Waals surface area contributed by atoms with Crippen LogP contribution in [0.2, 0.25) is 15.1 Å². The van der Waals surface area contributed by atoms with Crippen LogP contribution in [0.4, 0.5) is 5.69 Å². The molecule has 0 unspecified atom stereocenters. The van der Waals surface area contributed by atoms with Gasteiger partial charge in [0.25, 0.3) is 0 Å². The van der Waals surface area contributed by atoms with E-state index in [0.29, 0.717) is 23.7 Å². The zero-order chi connectivity index (χ0) is 15.1. The molecule has 110 valence electrons. The van der Waals surface area contributed by atoms with Gasteiger partial charge in [-0.25, -0.2) is 0 Å². The second-order valence-corrected chi connectivity index (χ2v) is 5.22. The lowest BCUT2D eigenvalue weighted by Crippen LogP contribution is -2.29. The van der Waals surface area contributed by atoms with E-state index in [9.17, 15) is 9.59 Å². The molecule has 0 atom stereocenters. The quantitative estimate of drug-likeness (QED) is 0.667. The largest absolute Gasteiger partial charge is 0.481 e. The molecule has 0 aliphatic carbocycles. The summed E-state index contributed by atoms with van der Waals surface area (Å²) in [5, 5.41) is 14.7. The van der Waals surface area contributed by atoms with Gasteiger partial charge in [0.1, 0.15) is 0 Å². The zero-order valence-corrected chi connectivity index (χ0v) is 12.6. The summed E-state index contributed by atoms with van der Waals surface area (Å²) in [6, 6.07) is 2.95. The normalized spacial score (nSPS) is 10.3. The molecular weight excluding hydrogens is 327 g/mol. The van der Waals surface area contributed by atoms with Crippen LogP contribution in [-0.2, 0) is 9.59 Å². The van der Waals surface area contributed by atoms with Crippen molar-refractivity contribution in [2.75, 3.05) is 18.4 Å². The third kappa shape index (κ3) is 5.96.